The molecule has 3 heterocycles. The highest BCUT2D eigenvalue weighted by atomic mass is 16.5. The molecule has 0 saturated heterocycles. The molecular weight excluding hydrogens is 386 g/mol. The van der Waals surface area contributed by atoms with Crippen LogP contribution in [0.25, 0.3) is 28.0 Å². The van der Waals surface area contributed by atoms with Gasteiger partial charge in [0.25, 0.3) is 0 Å². The zero-order valence-corrected chi connectivity index (χ0v) is 17.7. The van der Waals surface area contributed by atoms with E-state index in [-0.39, 0.29) is 6.04 Å². The van der Waals surface area contributed by atoms with Gasteiger partial charge in [0.2, 0.25) is 0 Å². The van der Waals surface area contributed by atoms with E-state index in [9.17, 15) is 0 Å². The minimum Gasteiger partial charge on any atom is -0.363 e. The number of aromatic nitrogens is 4. The van der Waals surface area contributed by atoms with Crippen LogP contribution in [0.15, 0.2) is 77.7 Å². The number of anilines is 1. The lowest BCUT2D eigenvalue weighted by atomic mass is 10.0. The van der Waals surface area contributed by atoms with E-state index in [4.69, 9.17) is 9.51 Å². The molecule has 0 spiro atoms. The van der Waals surface area contributed by atoms with Gasteiger partial charge in [-0.15, -0.1) is 0 Å². The Bertz CT molecular complexity index is 1320. The molecule has 0 saturated carbocycles. The molecule has 154 valence electrons. The molecule has 6 nitrogen and oxygen atoms in total. The lowest BCUT2D eigenvalue weighted by molar-refractivity contribution is 0.393. The second kappa shape index (κ2) is 7.72. The highest BCUT2D eigenvalue weighted by Crippen LogP contribution is 2.34. The maximum Gasteiger partial charge on any atom is 0.157 e. The molecule has 1 atom stereocenters. The third-order valence-electron chi connectivity index (χ3n) is 5.56. The van der Waals surface area contributed by atoms with Crippen LogP contribution in [-0.2, 0) is 0 Å². The summed E-state index contributed by atoms with van der Waals surface area (Å²) in [5.74, 6) is 1.77. The molecule has 0 aliphatic heterocycles. The lowest BCUT2D eigenvalue weighted by Gasteiger charge is -2.16. The molecule has 3 aromatic heterocycles. The van der Waals surface area contributed by atoms with Crippen LogP contribution < -0.4 is 5.32 Å². The fourth-order valence-electron chi connectivity index (χ4n) is 3.97. The molecule has 5 rings (SSSR count). The summed E-state index contributed by atoms with van der Waals surface area (Å²) in [4.78, 5) is 9.10. The van der Waals surface area contributed by atoms with E-state index in [1.54, 1.807) is 12.4 Å². The van der Waals surface area contributed by atoms with Crippen LogP contribution in [0.4, 0.5) is 5.82 Å². The molecule has 0 aliphatic carbocycles. The molecular formula is C25H23N5O. The SMILES string of the molecule is Cc1noc(C)c1-c1ccc(-c2nc3cnccn3c2N[C@@H](C)c2ccccc2)cc1. The summed E-state index contributed by atoms with van der Waals surface area (Å²) in [5.41, 5.74) is 6.95. The van der Waals surface area contributed by atoms with Gasteiger partial charge in [0.05, 0.1) is 11.9 Å². The number of nitrogens with one attached hydrogen (secondary N) is 1. The number of imidazole rings is 1. The minimum absolute atomic E-state index is 0.120. The number of fused-ring (bicyclic) bond motifs is 1. The number of rotatable bonds is 5. The fraction of sp³-hybridized carbons (Fsp3) is 0.160. The average molecular weight is 409 g/mol. The zero-order chi connectivity index (χ0) is 21.4. The van der Waals surface area contributed by atoms with Crippen molar-refractivity contribution in [2.45, 2.75) is 26.8 Å². The van der Waals surface area contributed by atoms with Crippen molar-refractivity contribution in [2.75, 3.05) is 5.32 Å². The van der Waals surface area contributed by atoms with Crippen molar-refractivity contribution in [1.29, 1.82) is 0 Å². The Kier molecular flexibility index (Phi) is 4.75. The van der Waals surface area contributed by atoms with Crippen molar-refractivity contribution < 1.29 is 4.52 Å². The molecule has 6 heteroatoms. The van der Waals surface area contributed by atoms with Gasteiger partial charge in [-0.1, -0.05) is 59.8 Å². The topological polar surface area (TPSA) is 68.2 Å². The molecule has 2 aromatic carbocycles. The Morgan fingerprint density at radius 2 is 1.71 bits per heavy atom. The Morgan fingerprint density at radius 1 is 0.968 bits per heavy atom. The smallest absolute Gasteiger partial charge is 0.157 e. The lowest BCUT2D eigenvalue weighted by Crippen LogP contribution is -2.09. The molecule has 0 fully saturated rings. The average Bonchev–Trinajstić information content (AvgIpc) is 3.34. The quantitative estimate of drug-likeness (QED) is 0.395. The summed E-state index contributed by atoms with van der Waals surface area (Å²) in [5, 5.41) is 7.73. The first-order valence-corrected chi connectivity index (χ1v) is 10.3. The van der Waals surface area contributed by atoms with E-state index in [1.165, 1.54) is 5.56 Å². The maximum atomic E-state index is 5.33. The van der Waals surface area contributed by atoms with Crippen molar-refractivity contribution in [3.8, 4) is 22.4 Å². The fourth-order valence-corrected chi connectivity index (χ4v) is 3.97. The summed E-state index contributed by atoms with van der Waals surface area (Å²) in [6.07, 6.45) is 5.49. The molecule has 5 aromatic rings. The molecule has 0 radical (unpaired) electrons. The van der Waals surface area contributed by atoms with Crippen molar-refractivity contribution >= 4 is 11.5 Å². The van der Waals surface area contributed by atoms with Crippen LogP contribution in [0.5, 0.6) is 0 Å². The number of hydrogen-bond donors (Lipinski definition) is 1. The number of nitrogens with zero attached hydrogens (tertiary/aromatic N) is 4. The van der Waals surface area contributed by atoms with Gasteiger partial charge >= 0.3 is 0 Å². The van der Waals surface area contributed by atoms with Gasteiger partial charge in [-0.05, 0) is 31.9 Å². The minimum atomic E-state index is 0.120. The van der Waals surface area contributed by atoms with Crippen LogP contribution >= 0.6 is 0 Å². The van der Waals surface area contributed by atoms with Gasteiger partial charge in [0.1, 0.15) is 17.3 Å². The number of benzene rings is 2. The Hall–Kier alpha value is -3.93. The zero-order valence-electron chi connectivity index (χ0n) is 17.7. The third-order valence-corrected chi connectivity index (χ3v) is 5.56. The van der Waals surface area contributed by atoms with Crippen LogP contribution in [0.2, 0.25) is 0 Å². The summed E-state index contributed by atoms with van der Waals surface area (Å²) < 4.78 is 7.37. The first-order chi connectivity index (χ1) is 15.1. The van der Waals surface area contributed by atoms with Gasteiger partial charge in [-0.25, -0.2) is 4.98 Å². The second-order valence-corrected chi connectivity index (χ2v) is 7.67. The van der Waals surface area contributed by atoms with E-state index >= 15 is 0 Å². The van der Waals surface area contributed by atoms with E-state index in [2.05, 4.69) is 70.9 Å². The van der Waals surface area contributed by atoms with Gasteiger partial charge < -0.3 is 9.84 Å². The van der Waals surface area contributed by atoms with Crippen molar-refractivity contribution in [2.24, 2.45) is 0 Å². The molecule has 0 aliphatic rings. The first kappa shape index (κ1) is 19.1. The molecule has 0 amide bonds. The Morgan fingerprint density at radius 3 is 2.42 bits per heavy atom. The number of aryl methyl sites for hydroxylation is 2. The monoisotopic (exact) mass is 409 g/mol. The highest BCUT2D eigenvalue weighted by molar-refractivity contribution is 5.79. The van der Waals surface area contributed by atoms with E-state index in [1.807, 2.05) is 30.5 Å². The number of hydrogen-bond acceptors (Lipinski definition) is 5. The van der Waals surface area contributed by atoms with Crippen molar-refractivity contribution in [1.82, 2.24) is 19.5 Å². The van der Waals surface area contributed by atoms with Gasteiger partial charge in [0.15, 0.2) is 5.65 Å². The van der Waals surface area contributed by atoms with E-state index in [0.29, 0.717) is 0 Å². The van der Waals surface area contributed by atoms with Crippen molar-refractivity contribution in [3.63, 3.8) is 0 Å². The molecule has 0 bridgehead atoms. The summed E-state index contributed by atoms with van der Waals surface area (Å²) >= 11 is 0. The van der Waals surface area contributed by atoms with Crippen molar-refractivity contribution in [3.05, 3.63) is 90.2 Å². The van der Waals surface area contributed by atoms with Crippen LogP contribution in [0.1, 0.15) is 30.0 Å². The maximum absolute atomic E-state index is 5.33. The van der Waals surface area contributed by atoms with Gasteiger partial charge in [-0.2, -0.15) is 0 Å². The van der Waals surface area contributed by atoms with Crippen LogP contribution in [0.3, 0.4) is 0 Å². The highest BCUT2D eigenvalue weighted by Gasteiger charge is 2.18. The molecule has 1 N–H and O–H groups in total. The van der Waals surface area contributed by atoms with E-state index in [0.717, 1.165) is 45.3 Å². The van der Waals surface area contributed by atoms with Gasteiger partial charge in [0, 0.05) is 29.6 Å². The first-order valence-electron chi connectivity index (χ1n) is 10.3. The van der Waals surface area contributed by atoms with Crippen LogP contribution in [-0.4, -0.2) is 19.5 Å². The van der Waals surface area contributed by atoms with Gasteiger partial charge in [-0.3, -0.25) is 9.38 Å². The predicted octanol–water partition coefficient (Wildman–Crippen LogP) is 5.84. The molecule has 0 unspecified atom stereocenters. The second-order valence-electron chi connectivity index (χ2n) is 7.67. The predicted molar refractivity (Wildman–Crippen MR) is 122 cm³/mol. The summed E-state index contributed by atoms with van der Waals surface area (Å²) in [6, 6.07) is 18.9. The Balaban J connectivity index is 1.56. The molecule has 31 heavy (non-hydrogen) atoms. The normalized spacial score (nSPS) is 12.2. The Labute approximate surface area is 180 Å². The standard InChI is InChI=1S/C25H23N5O/c1-16(19-7-5-4-6-8-19)27-25-24(28-22-15-26-13-14-30(22)25)21-11-9-20(10-12-21)23-17(2)29-31-18(23)3/h4-16,27H,1-3H3/t16-/m0/s1. The third kappa shape index (κ3) is 3.46. The largest absolute Gasteiger partial charge is 0.363 e. The summed E-state index contributed by atoms with van der Waals surface area (Å²) in [6.45, 7) is 6.05. The van der Waals surface area contributed by atoms with E-state index < -0.39 is 0 Å². The summed E-state index contributed by atoms with van der Waals surface area (Å²) in [7, 11) is 0. The van der Waals surface area contributed by atoms with Crippen LogP contribution in [0, 0.1) is 13.8 Å².